The van der Waals surface area contributed by atoms with Crippen molar-refractivity contribution in [2.45, 2.75) is 39.7 Å². The number of likely N-dealkylation sites (tertiary alicyclic amines) is 1. The minimum atomic E-state index is 0.308. The summed E-state index contributed by atoms with van der Waals surface area (Å²) in [6.45, 7) is 7.88. The van der Waals surface area contributed by atoms with E-state index in [1.165, 1.54) is 19.3 Å². The normalized spacial score (nSPS) is 20.4. The second-order valence-corrected chi connectivity index (χ2v) is 5.35. The highest BCUT2D eigenvalue weighted by atomic mass is 16.5. The van der Waals surface area contributed by atoms with Gasteiger partial charge in [-0.1, -0.05) is 25.5 Å². The lowest BCUT2D eigenvalue weighted by atomic mass is 9.95. The Hall–Kier alpha value is -1.22. The molecule has 1 heterocycles. The Kier molecular flexibility index (Phi) is 5.08. The molecule has 0 amide bonds. The van der Waals surface area contributed by atoms with E-state index in [9.17, 15) is 5.11 Å². The van der Waals surface area contributed by atoms with E-state index in [0.29, 0.717) is 18.1 Å². The topological polar surface area (TPSA) is 32.7 Å². The maximum absolute atomic E-state index is 10.2. The van der Waals surface area contributed by atoms with E-state index in [-0.39, 0.29) is 0 Å². The van der Waals surface area contributed by atoms with E-state index in [2.05, 4.69) is 11.8 Å². The van der Waals surface area contributed by atoms with Crippen molar-refractivity contribution in [3.05, 3.63) is 23.8 Å². The molecule has 1 aliphatic rings. The Bertz CT molecular complexity index is 406. The van der Waals surface area contributed by atoms with Gasteiger partial charge in [0.05, 0.1) is 6.61 Å². The highest BCUT2D eigenvalue weighted by Gasteiger charge is 2.20. The number of benzene rings is 1. The molecule has 1 unspecified atom stereocenters. The van der Waals surface area contributed by atoms with Crippen molar-refractivity contribution in [1.82, 2.24) is 4.90 Å². The third kappa shape index (κ3) is 3.63. The standard InChI is InChI=1S/C16H25NO2/c1-3-13-7-6-10-17(11-13)12-14-8-5-9-15(16(14)18)19-4-2/h5,8-9,13,18H,3-4,6-7,10-12H2,1-2H3. The predicted octanol–water partition coefficient (Wildman–Crippen LogP) is 3.41. The molecule has 0 aliphatic carbocycles. The monoisotopic (exact) mass is 263 g/mol. The van der Waals surface area contributed by atoms with Crippen molar-refractivity contribution in [1.29, 1.82) is 0 Å². The van der Waals surface area contributed by atoms with Gasteiger partial charge in [0.2, 0.25) is 0 Å². The number of aromatic hydroxyl groups is 1. The second-order valence-electron chi connectivity index (χ2n) is 5.35. The fourth-order valence-corrected chi connectivity index (χ4v) is 2.84. The molecular formula is C16H25NO2. The first-order valence-corrected chi connectivity index (χ1v) is 7.40. The van der Waals surface area contributed by atoms with Gasteiger partial charge in [0.25, 0.3) is 0 Å². The van der Waals surface area contributed by atoms with E-state index in [4.69, 9.17) is 4.74 Å². The average molecular weight is 263 g/mol. The van der Waals surface area contributed by atoms with Crippen LogP contribution in [-0.4, -0.2) is 29.7 Å². The SMILES string of the molecule is CCOc1cccc(CN2CCCC(CC)C2)c1O. The van der Waals surface area contributed by atoms with Crippen molar-refractivity contribution >= 4 is 0 Å². The maximum Gasteiger partial charge on any atom is 0.162 e. The fraction of sp³-hybridized carbons (Fsp3) is 0.625. The molecule has 19 heavy (non-hydrogen) atoms. The summed E-state index contributed by atoms with van der Waals surface area (Å²) in [5, 5.41) is 10.2. The molecule has 2 rings (SSSR count). The van der Waals surface area contributed by atoms with Gasteiger partial charge in [0, 0.05) is 18.7 Å². The molecule has 0 radical (unpaired) electrons. The van der Waals surface area contributed by atoms with Crippen molar-refractivity contribution in [3.63, 3.8) is 0 Å². The summed E-state index contributed by atoms with van der Waals surface area (Å²) in [6.07, 6.45) is 3.86. The molecule has 3 nitrogen and oxygen atoms in total. The van der Waals surface area contributed by atoms with Gasteiger partial charge in [-0.05, 0) is 38.3 Å². The molecule has 1 atom stereocenters. The first-order chi connectivity index (χ1) is 9.24. The zero-order chi connectivity index (χ0) is 13.7. The number of nitrogens with zero attached hydrogens (tertiary/aromatic N) is 1. The Morgan fingerprint density at radius 1 is 1.37 bits per heavy atom. The molecule has 1 saturated heterocycles. The molecule has 0 saturated carbocycles. The quantitative estimate of drug-likeness (QED) is 0.883. The molecule has 1 N–H and O–H groups in total. The third-order valence-corrected chi connectivity index (χ3v) is 3.96. The van der Waals surface area contributed by atoms with Crippen LogP contribution in [0.15, 0.2) is 18.2 Å². The highest BCUT2D eigenvalue weighted by Crippen LogP contribution is 2.31. The number of rotatable bonds is 5. The van der Waals surface area contributed by atoms with Gasteiger partial charge in [0.15, 0.2) is 11.5 Å². The molecule has 106 valence electrons. The Morgan fingerprint density at radius 2 is 2.21 bits per heavy atom. The van der Waals surface area contributed by atoms with E-state index in [1.807, 2.05) is 25.1 Å². The number of para-hydroxylation sites is 1. The second kappa shape index (κ2) is 6.80. The van der Waals surface area contributed by atoms with E-state index < -0.39 is 0 Å². The molecule has 1 fully saturated rings. The van der Waals surface area contributed by atoms with Gasteiger partial charge < -0.3 is 9.84 Å². The van der Waals surface area contributed by atoms with Gasteiger partial charge in [-0.2, -0.15) is 0 Å². The smallest absolute Gasteiger partial charge is 0.162 e. The van der Waals surface area contributed by atoms with Gasteiger partial charge in [-0.15, -0.1) is 0 Å². The number of phenols is 1. The maximum atomic E-state index is 10.2. The van der Waals surface area contributed by atoms with E-state index in [0.717, 1.165) is 31.1 Å². The van der Waals surface area contributed by atoms with Gasteiger partial charge in [-0.25, -0.2) is 0 Å². The van der Waals surface area contributed by atoms with Crippen LogP contribution in [0.1, 0.15) is 38.7 Å². The summed E-state index contributed by atoms with van der Waals surface area (Å²) in [7, 11) is 0. The number of piperidine rings is 1. The van der Waals surface area contributed by atoms with Crippen LogP contribution in [0.2, 0.25) is 0 Å². The van der Waals surface area contributed by atoms with Crippen LogP contribution in [0.3, 0.4) is 0 Å². The van der Waals surface area contributed by atoms with Crippen LogP contribution < -0.4 is 4.74 Å². The summed E-state index contributed by atoms with van der Waals surface area (Å²) < 4.78 is 5.44. The largest absolute Gasteiger partial charge is 0.504 e. The minimum absolute atomic E-state index is 0.308. The van der Waals surface area contributed by atoms with E-state index in [1.54, 1.807) is 0 Å². The summed E-state index contributed by atoms with van der Waals surface area (Å²) >= 11 is 0. The summed E-state index contributed by atoms with van der Waals surface area (Å²) in [6, 6.07) is 5.78. The summed E-state index contributed by atoms with van der Waals surface area (Å²) in [4.78, 5) is 2.45. The minimum Gasteiger partial charge on any atom is -0.504 e. The van der Waals surface area contributed by atoms with Gasteiger partial charge >= 0.3 is 0 Å². The molecule has 1 aliphatic heterocycles. The van der Waals surface area contributed by atoms with Crippen LogP contribution in [0, 0.1) is 5.92 Å². The molecule has 3 heteroatoms. The zero-order valence-corrected chi connectivity index (χ0v) is 12.1. The average Bonchev–Trinajstić information content (AvgIpc) is 2.44. The fourth-order valence-electron chi connectivity index (χ4n) is 2.84. The lowest BCUT2D eigenvalue weighted by Gasteiger charge is -2.32. The number of phenolic OH excluding ortho intramolecular Hbond substituents is 1. The molecule has 0 aromatic heterocycles. The number of hydrogen-bond donors (Lipinski definition) is 1. The Balaban J connectivity index is 2.04. The first kappa shape index (κ1) is 14.2. The van der Waals surface area contributed by atoms with Crippen molar-refractivity contribution in [2.24, 2.45) is 5.92 Å². The number of hydrogen-bond acceptors (Lipinski definition) is 3. The van der Waals surface area contributed by atoms with Crippen molar-refractivity contribution < 1.29 is 9.84 Å². The van der Waals surface area contributed by atoms with Crippen LogP contribution >= 0.6 is 0 Å². The Morgan fingerprint density at radius 3 is 2.95 bits per heavy atom. The predicted molar refractivity (Wildman–Crippen MR) is 77.6 cm³/mol. The summed E-state index contributed by atoms with van der Waals surface area (Å²) in [5.74, 6) is 1.72. The van der Waals surface area contributed by atoms with Crippen LogP contribution in [-0.2, 0) is 6.54 Å². The molecule has 1 aromatic rings. The van der Waals surface area contributed by atoms with Crippen molar-refractivity contribution in [2.75, 3.05) is 19.7 Å². The summed E-state index contributed by atoms with van der Waals surface area (Å²) in [5.41, 5.74) is 0.975. The van der Waals surface area contributed by atoms with Crippen LogP contribution in [0.4, 0.5) is 0 Å². The van der Waals surface area contributed by atoms with Gasteiger partial charge in [0.1, 0.15) is 0 Å². The lowest BCUT2D eigenvalue weighted by molar-refractivity contribution is 0.163. The van der Waals surface area contributed by atoms with Gasteiger partial charge in [-0.3, -0.25) is 4.90 Å². The molecule has 1 aromatic carbocycles. The highest BCUT2D eigenvalue weighted by molar-refractivity contribution is 5.45. The first-order valence-electron chi connectivity index (χ1n) is 7.40. The Labute approximate surface area is 116 Å². The molecular weight excluding hydrogens is 238 g/mol. The molecule has 0 spiro atoms. The zero-order valence-electron chi connectivity index (χ0n) is 12.1. The van der Waals surface area contributed by atoms with Crippen LogP contribution in [0.25, 0.3) is 0 Å². The molecule has 0 bridgehead atoms. The third-order valence-electron chi connectivity index (χ3n) is 3.96. The van der Waals surface area contributed by atoms with Crippen molar-refractivity contribution in [3.8, 4) is 11.5 Å². The van der Waals surface area contributed by atoms with Crippen LogP contribution in [0.5, 0.6) is 11.5 Å². The lowest BCUT2D eigenvalue weighted by Crippen LogP contribution is -2.34. The number of ether oxygens (including phenoxy) is 1. The van der Waals surface area contributed by atoms with E-state index >= 15 is 0 Å².